The smallest absolute Gasteiger partial charge is 0.242 e. The number of aromatic nitrogens is 1. The van der Waals surface area contributed by atoms with Crippen LogP contribution in [0.3, 0.4) is 0 Å². The number of amides is 1. The van der Waals surface area contributed by atoms with E-state index in [1.807, 2.05) is 30.0 Å². The highest BCUT2D eigenvalue weighted by atomic mass is 16.3. The maximum Gasteiger partial charge on any atom is 0.242 e. The lowest BCUT2D eigenvalue weighted by Gasteiger charge is -2.38. The molecule has 3 rings (SSSR count). The maximum absolute atomic E-state index is 12.2. The first-order valence-corrected chi connectivity index (χ1v) is 6.62. The standard InChI is InChI=1S/C15H18N2O2/c1-11-6-13-4-2-3-5-14(13)17(11)9-15(19)16-7-12(8-16)10-18/h2-6,12,18H,7-10H2,1H3. The highest BCUT2D eigenvalue weighted by molar-refractivity contribution is 5.84. The molecule has 19 heavy (non-hydrogen) atoms. The van der Waals surface area contributed by atoms with Crippen molar-refractivity contribution in [2.45, 2.75) is 13.5 Å². The van der Waals surface area contributed by atoms with Gasteiger partial charge in [-0.1, -0.05) is 18.2 Å². The quantitative estimate of drug-likeness (QED) is 0.904. The van der Waals surface area contributed by atoms with Crippen molar-refractivity contribution in [1.82, 2.24) is 9.47 Å². The van der Waals surface area contributed by atoms with Crippen molar-refractivity contribution in [1.29, 1.82) is 0 Å². The van der Waals surface area contributed by atoms with Crippen LogP contribution in [0.15, 0.2) is 30.3 Å². The van der Waals surface area contributed by atoms with Gasteiger partial charge in [0.25, 0.3) is 0 Å². The molecule has 0 atom stereocenters. The number of carbonyl (C=O) groups is 1. The molecule has 0 aliphatic carbocycles. The van der Waals surface area contributed by atoms with Crippen LogP contribution in [0.4, 0.5) is 0 Å². The number of rotatable bonds is 3. The molecule has 0 spiro atoms. The summed E-state index contributed by atoms with van der Waals surface area (Å²) >= 11 is 0. The molecule has 0 unspecified atom stereocenters. The molecule has 4 nitrogen and oxygen atoms in total. The van der Waals surface area contributed by atoms with Crippen LogP contribution >= 0.6 is 0 Å². The number of aliphatic hydroxyl groups is 1. The number of benzene rings is 1. The second-order valence-corrected chi connectivity index (χ2v) is 5.28. The fourth-order valence-corrected chi connectivity index (χ4v) is 2.68. The Kier molecular flexibility index (Phi) is 3.03. The number of aliphatic hydroxyl groups excluding tert-OH is 1. The van der Waals surface area contributed by atoms with Crippen LogP contribution in [0, 0.1) is 12.8 Å². The minimum atomic E-state index is 0.133. The number of fused-ring (bicyclic) bond motifs is 1. The summed E-state index contributed by atoms with van der Waals surface area (Å²) in [7, 11) is 0. The van der Waals surface area contributed by atoms with Gasteiger partial charge in [0, 0.05) is 36.8 Å². The molecule has 1 saturated heterocycles. The molecule has 2 aromatic rings. The summed E-state index contributed by atoms with van der Waals surface area (Å²) in [6, 6.07) is 10.2. The second kappa shape index (κ2) is 4.70. The van der Waals surface area contributed by atoms with E-state index in [2.05, 4.69) is 16.7 Å². The Morgan fingerprint density at radius 1 is 1.37 bits per heavy atom. The molecule has 1 aromatic heterocycles. The summed E-state index contributed by atoms with van der Waals surface area (Å²) in [5, 5.41) is 10.2. The number of hydrogen-bond donors (Lipinski definition) is 1. The third-order valence-corrected chi connectivity index (χ3v) is 3.88. The SMILES string of the molecule is Cc1cc2ccccc2n1CC(=O)N1CC(CO)C1. The number of carbonyl (C=O) groups excluding carboxylic acids is 1. The van der Waals surface area contributed by atoms with E-state index in [9.17, 15) is 4.79 Å². The van der Waals surface area contributed by atoms with E-state index in [0.29, 0.717) is 19.6 Å². The number of aryl methyl sites for hydroxylation is 1. The van der Waals surface area contributed by atoms with E-state index in [-0.39, 0.29) is 18.4 Å². The highest BCUT2D eigenvalue weighted by Gasteiger charge is 2.30. The van der Waals surface area contributed by atoms with Gasteiger partial charge in [-0.2, -0.15) is 0 Å². The van der Waals surface area contributed by atoms with Crippen molar-refractivity contribution in [3.05, 3.63) is 36.0 Å². The van der Waals surface area contributed by atoms with Gasteiger partial charge < -0.3 is 14.6 Å². The zero-order chi connectivity index (χ0) is 13.4. The monoisotopic (exact) mass is 258 g/mol. The largest absolute Gasteiger partial charge is 0.396 e. The van der Waals surface area contributed by atoms with Gasteiger partial charge in [0.15, 0.2) is 0 Å². The summed E-state index contributed by atoms with van der Waals surface area (Å²) in [6.45, 7) is 3.97. The van der Waals surface area contributed by atoms with Gasteiger partial charge in [0.2, 0.25) is 5.91 Å². The first-order chi connectivity index (χ1) is 9.19. The van der Waals surface area contributed by atoms with Gasteiger partial charge in [0.1, 0.15) is 6.54 Å². The number of likely N-dealkylation sites (tertiary alicyclic amines) is 1. The molecule has 1 aromatic carbocycles. The lowest BCUT2D eigenvalue weighted by atomic mass is 10.0. The van der Waals surface area contributed by atoms with Gasteiger partial charge >= 0.3 is 0 Å². The predicted molar refractivity (Wildman–Crippen MR) is 73.8 cm³/mol. The first-order valence-electron chi connectivity index (χ1n) is 6.62. The van der Waals surface area contributed by atoms with E-state index < -0.39 is 0 Å². The third kappa shape index (κ3) is 2.12. The van der Waals surface area contributed by atoms with Crippen molar-refractivity contribution < 1.29 is 9.90 Å². The molecule has 0 radical (unpaired) electrons. The average Bonchev–Trinajstić information content (AvgIpc) is 2.65. The normalized spacial score (nSPS) is 15.8. The second-order valence-electron chi connectivity index (χ2n) is 5.28. The number of para-hydroxylation sites is 1. The molecule has 1 aliphatic rings. The van der Waals surface area contributed by atoms with Crippen LogP contribution in [0.5, 0.6) is 0 Å². The third-order valence-electron chi connectivity index (χ3n) is 3.88. The molecular formula is C15H18N2O2. The summed E-state index contributed by atoms with van der Waals surface area (Å²) < 4.78 is 2.06. The Morgan fingerprint density at radius 3 is 2.84 bits per heavy atom. The Balaban J connectivity index is 1.78. The minimum Gasteiger partial charge on any atom is -0.396 e. The van der Waals surface area contributed by atoms with Crippen molar-refractivity contribution in [3.8, 4) is 0 Å². The Labute approximate surface area is 112 Å². The van der Waals surface area contributed by atoms with Crippen LogP contribution in [-0.4, -0.2) is 40.2 Å². The molecule has 1 fully saturated rings. The molecular weight excluding hydrogens is 240 g/mol. The fourth-order valence-electron chi connectivity index (χ4n) is 2.68. The van der Waals surface area contributed by atoms with E-state index in [1.165, 1.54) is 5.39 Å². The zero-order valence-corrected chi connectivity index (χ0v) is 11.0. The van der Waals surface area contributed by atoms with Gasteiger partial charge in [-0.25, -0.2) is 0 Å². The minimum absolute atomic E-state index is 0.133. The highest BCUT2D eigenvalue weighted by Crippen LogP contribution is 2.21. The Hall–Kier alpha value is -1.81. The zero-order valence-electron chi connectivity index (χ0n) is 11.0. The van der Waals surface area contributed by atoms with E-state index in [1.54, 1.807) is 0 Å². The molecule has 0 saturated carbocycles. The van der Waals surface area contributed by atoms with E-state index in [0.717, 1.165) is 11.2 Å². The van der Waals surface area contributed by atoms with Crippen molar-refractivity contribution in [3.63, 3.8) is 0 Å². The summed E-state index contributed by atoms with van der Waals surface area (Å²) in [5.74, 6) is 0.403. The molecule has 4 heteroatoms. The predicted octanol–water partition coefficient (Wildman–Crippen LogP) is 1.40. The van der Waals surface area contributed by atoms with Crippen LogP contribution in [0.1, 0.15) is 5.69 Å². The Morgan fingerprint density at radius 2 is 2.11 bits per heavy atom. The lowest BCUT2D eigenvalue weighted by molar-refractivity contribution is -0.139. The van der Waals surface area contributed by atoms with Crippen LogP contribution in [0.2, 0.25) is 0 Å². The van der Waals surface area contributed by atoms with Gasteiger partial charge in [-0.3, -0.25) is 4.79 Å². The Bertz CT molecular complexity index is 612. The van der Waals surface area contributed by atoms with Crippen molar-refractivity contribution in [2.24, 2.45) is 5.92 Å². The van der Waals surface area contributed by atoms with Crippen molar-refractivity contribution in [2.75, 3.05) is 19.7 Å². The molecule has 1 N–H and O–H groups in total. The maximum atomic E-state index is 12.2. The van der Waals surface area contributed by atoms with E-state index in [4.69, 9.17) is 5.11 Å². The topological polar surface area (TPSA) is 45.5 Å². The van der Waals surface area contributed by atoms with Crippen LogP contribution in [0.25, 0.3) is 10.9 Å². The average molecular weight is 258 g/mol. The van der Waals surface area contributed by atoms with Gasteiger partial charge in [0.05, 0.1) is 0 Å². The summed E-state index contributed by atoms with van der Waals surface area (Å²) in [4.78, 5) is 14.0. The molecule has 1 aliphatic heterocycles. The molecule has 100 valence electrons. The van der Waals surface area contributed by atoms with E-state index >= 15 is 0 Å². The van der Waals surface area contributed by atoms with Crippen molar-refractivity contribution >= 4 is 16.8 Å². The van der Waals surface area contributed by atoms with Crippen LogP contribution in [-0.2, 0) is 11.3 Å². The van der Waals surface area contributed by atoms with Gasteiger partial charge in [-0.15, -0.1) is 0 Å². The number of nitrogens with zero attached hydrogens (tertiary/aromatic N) is 2. The van der Waals surface area contributed by atoms with Crippen LogP contribution < -0.4 is 0 Å². The lowest BCUT2D eigenvalue weighted by Crippen LogP contribution is -2.52. The molecule has 0 bridgehead atoms. The first kappa shape index (κ1) is 12.2. The summed E-state index contributed by atoms with van der Waals surface area (Å²) in [5.41, 5.74) is 2.21. The molecule has 2 heterocycles. The number of hydrogen-bond acceptors (Lipinski definition) is 2. The molecule has 1 amide bonds. The fraction of sp³-hybridized carbons (Fsp3) is 0.400. The van der Waals surface area contributed by atoms with Gasteiger partial charge in [-0.05, 0) is 24.4 Å². The summed E-state index contributed by atoms with van der Waals surface area (Å²) in [6.07, 6.45) is 0.